The molecule has 0 radical (unpaired) electrons. The summed E-state index contributed by atoms with van der Waals surface area (Å²) in [5.41, 5.74) is 0. The molecule has 1 atom stereocenters. The molecular weight excluding hydrogens is 244 g/mol. The van der Waals surface area contributed by atoms with Gasteiger partial charge in [0.2, 0.25) is 0 Å². The third-order valence-electron chi connectivity index (χ3n) is 2.94. The van der Waals surface area contributed by atoms with Crippen molar-refractivity contribution < 1.29 is 19.1 Å². The molecule has 112 valence electrons. The molecule has 19 heavy (non-hydrogen) atoms. The molecule has 4 nitrogen and oxygen atoms in total. The molecule has 0 aromatic heterocycles. The second-order valence-corrected chi connectivity index (χ2v) is 4.69. The Kier molecular flexibility index (Phi) is 11.3. The van der Waals surface area contributed by atoms with Crippen LogP contribution in [0.3, 0.4) is 0 Å². The second kappa shape index (κ2) is 12.0. The van der Waals surface area contributed by atoms with Crippen LogP contribution < -0.4 is 0 Å². The van der Waals surface area contributed by atoms with E-state index < -0.39 is 0 Å². The van der Waals surface area contributed by atoms with Gasteiger partial charge in [0.25, 0.3) is 0 Å². The molecule has 4 heteroatoms. The van der Waals surface area contributed by atoms with Gasteiger partial charge in [-0.2, -0.15) is 0 Å². The number of carbonyl (C=O) groups is 2. The van der Waals surface area contributed by atoms with Crippen molar-refractivity contribution in [1.82, 2.24) is 0 Å². The number of rotatable bonds is 11. The number of hydrogen-bond acceptors (Lipinski definition) is 4. The minimum absolute atomic E-state index is 0.159. The predicted molar refractivity (Wildman–Crippen MR) is 74.8 cm³/mol. The maximum atomic E-state index is 11.6. The summed E-state index contributed by atoms with van der Waals surface area (Å²) in [5.74, 6) is -0.502. The highest BCUT2D eigenvalue weighted by Gasteiger charge is 2.17. The van der Waals surface area contributed by atoms with E-state index in [9.17, 15) is 9.59 Å². The summed E-state index contributed by atoms with van der Waals surface area (Å²) in [6, 6.07) is 0. The molecule has 0 saturated carbocycles. The van der Waals surface area contributed by atoms with Gasteiger partial charge in [-0.25, -0.2) is 0 Å². The Morgan fingerprint density at radius 1 is 0.947 bits per heavy atom. The predicted octanol–water partition coefficient (Wildman–Crippen LogP) is 3.62. The lowest BCUT2D eigenvalue weighted by Gasteiger charge is -2.15. The van der Waals surface area contributed by atoms with E-state index in [-0.39, 0.29) is 24.5 Å². The monoisotopic (exact) mass is 272 g/mol. The molecule has 0 aliphatic heterocycles. The molecule has 0 saturated heterocycles. The Bertz CT molecular complexity index is 251. The summed E-state index contributed by atoms with van der Waals surface area (Å²) in [5, 5.41) is 0. The average molecular weight is 272 g/mol. The first-order valence-corrected chi connectivity index (χ1v) is 7.49. The summed E-state index contributed by atoms with van der Waals surface area (Å²) in [7, 11) is 0. The molecule has 0 amide bonds. The van der Waals surface area contributed by atoms with Crippen molar-refractivity contribution in [1.29, 1.82) is 0 Å². The Labute approximate surface area is 116 Å². The van der Waals surface area contributed by atoms with Crippen LogP contribution >= 0.6 is 0 Å². The maximum absolute atomic E-state index is 11.6. The quantitative estimate of drug-likeness (QED) is 0.426. The van der Waals surface area contributed by atoms with Crippen molar-refractivity contribution in [2.24, 2.45) is 0 Å². The Morgan fingerprint density at radius 3 is 2.21 bits per heavy atom. The molecule has 0 aliphatic carbocycles. The van der Waals surface area contributed by atoms with Crippen LogP contribution in [0.2, 0.25) is 0 Å². The zero-order chi connectivity index (χ0) is 14.5. The van der Waals surface area contributed by atoms with Gasteiger partial charge in [0, 0.05) is 6.42 Å². The molecule has 0 fully saturated rings. The van der Waals surface area contributed by atoms with Gasteiger partial charge in [0.05, 0.1) is 13.0 Å². The topological polar surface area (TPSA) is 52.6 Å². The number of ether oxygens (including phenoxy) is 2. The molecular formula is C15H28O4. The lowest BCUT2D eigenvalue weighted by Crippen LogP contribution is -2.22. The van der Waals surface area contributed by atoms with Crippen LogP contribution in [0.15, 0.2) is 0 Å². The van der Waals surface area contributed by atoms with E-state index in [0.29, 0.717) is 19.4 Å². The first-order valence-electron chi connectivity index (χ1n) is 7.49. The van der Waals surface area contributed by atoms with Gasteiger partial charge in [0.15, 0.2) is 0 Å². The average Bonchev–Trinajstić information content (AvgIpc) is 2.38. The zero-order valence-corrected chi connectivity index (χ0v) is 12.6. The summed E-state index contributed by atoms with van der Waals surface area (Å²) in [6.07, 6.45) is 6.42. The van der Waals surface area contributed by atoms with Gasteiger partial charge >= 0.3 is 11.9 Å². The molecule has 0 heterocycles. The van der Waals surface area contributed by atoms with Gasteiger partial charge in [-0.3, -0.25) is 9.59 Å². The summed E-state index contributed by atoms with van der Waals surface area (Å²) < 4.78 is 10.1. The molecule has 0 N–H and O–H groups in total. The second-order valence-electron chi connectivity index (χ2n) is 4.69. The van der Waals surface area contributed by atoms with Crippen molar-refractivity contribution >= 4 is 11.9 Å². The molecule has 0 rings (SSSR count). The molecule has 0 bridgehead atoms. The van der Waals surface area contributed by atoms with Crippen molar-refractivity contribution in [3.63, 3.8) is 0 Å². The molecule has 0 aliphatic rings. The highest BCUT2D eigenvalue weighted by Crippen LogP contribution is 2.10. The third kappa shape index (κ3) is 10.5. The van der Waals surface area contributed by atoms with Crippen LogP contribution in [0.25, 0.3) is 0 Å². The number of esters is 2. The smallest absolute Gasteiger partial charge is 0.309 e. The number of unbranched alkanes of at least 4 members (excludes halogenated alkanes) is 4. The van der Waals surface area contributed by atoms with Crippen LogP contribution in [-0.4, -0.2) is 24.6 Å². The molecule has 0 aromatic carbocycles. The lowest BCUT2D eigenvalue weighted by molar-refractivity contribution is -0.155. The van der Waals surface area contributed by atoms with Gasteiger partial charge in [-0.15, -0.1) is 0 Å². The Balaban J connectivity index is 3.77. The summed E-state index contributed by atoms with van der Waals surface area (Å²) in [6.45, 7) is 6.19. The Morgan fingerprint density at radius 2 is 1.63 bits per heavy atom. The largest absolute Gasteiger partial charge is 0.466 e. The normalized spacial score (nSPS) is 11.9. The number of hydrogen-bond donors (Lipinski definition) is 0. The maximum Gasteiger partial charge on any atom is 0.309 e. The van der Waals surface area contributed by atoms with E-state index in [0.717, 1.165) is 12.8 Å². The van der Waals surface area contributed by atoms with E-state index in [2.05, 4.69) is 6.92 Å². The van der Waals surface area contributed by atoms with Crippen LogP contribution in [0.4, 0.5) is 0 Å². The fourth-order valence-corrected chi connectivity index (χ4v) is 1.79. The van der Waals surface area contributed by atoms with Crippen LogP contribution in [0, 0.1) is 0 Å². The minimum Gasteiger partial charge on any atom is -0.466 e. The van der Waals surface area contributed by atoms with E-state index in [4.69, 9.17) is 9.47 Å². The zero-order valence-electron chi connectivity index (χ0n) is 12.6. The first kappa shape index (κ1) is 17.9. The molecule has 0 aromatic rings. The number of carbonyl (C=O) groups excluding carboxylic acids is 2. The minimum atomic E-state index is -0.345. The van der Waals surface area contributed by atoms with Crippen LogP contribution in [-0.2, 0) is 19.1 Å². The fraction of sp³-hybridized carbons (Fsp3) is 0.867. The van der Waals surface area contributed by atoms with Crippen molar-refractivity contribution in [3.05, 3.63) is 0 Å². The van der Waals surface area contributed by atoms with Crippen molar-refractivity contribution in [3.8, 4) is 0 Å². The lowest BCUT2D eigenvalue weighted by atomic mass is 10.1. The van der Waals surface area contributed by atoms with E-state index >= 15 is 0 Å². The fourth-order valence-electron chi connectivity index (χ4n) is 1.79. The highest BCUT2D eigenvalue weighted by molar-refractivity contribution is 5.72. The van der Waals surface area contributed by atoms with Gasteiger partial charge in [0.1, 0.15) is 6.10 Å². The van der Waals surface area contributed by atoms with Gasteiger partial charge < -0.3 is 9.47 Å². The molecule has 0 spiro atoms. The molecule has 1 unspecified atom stereocenters. The van der Waals surface area contributed by atoms with E-state index in [1.807, 2.05) is 6.92 Å². The summed E-state index contributed by atoms with van der Waals surface area (Å²) in [4.78, 5) is 22.9. The summed E-state index contributed by atoms with van der Waals surface area (Å²) >= 11 is 0. The van der Waals surface area contributed by atoms with Crippen LogP contribution in [0.5, 0.6) is 0 Å². The van der Waals surface area contributed by atoms with Crippen molar-refractivity contribution in [2.75, 3.05) is 6.61 Å². The van der Waals surface area contributed by atoms with Crippen LogP contribution in [0.1, 0.15) is 72.1 Å². The van der Waals surface area contributed by atoms with Crippen molar-refractivity contribution in [2.45, 2.75) is 78.2 Å². The van der Waals surface area contributed by atoms with E-state index in [1.165, 1.54) is 19.3 Å². The third-order valence-corrected chi connectivity index (χ3v) is 2.94. The SMILES string of the molecule is CCCCCCCC(=O)OC(CC)CC(=O)OCC. The van der Waals surface area contributed by atoms with Gasteiger partial charge in [-0.1, -0.05) is 39.5 Å². The van der Waals surface area contributed by atoms with E-state index in [1.54, 1.807) is 6.92 Å². The highest BCUT2D eigenvalue weighted by atomic mass is 16.6. The van der Waals surface area contributed by atoms with Gasteiger partial charge in [-0.05, 0) is 19.8 Å². The Hall–Kier alpha value is -1.06. The first-order chi connectivity index (χ1) is 9.13. The standard InChI is InChI=1S/C15H28O4/c1-4-7-8-9-10-11-14(16)19-13(5-2)12-15(17)18-6-3/h13H,4-12H2,1-3H3.